The van der Waals surface area contributed by atoms with Crippen LogP contribution in [-0.4, -0.2) is 18.3 Å². The van der Waals surface area contributed by atoms with Crippen molar-refractivity contribution in [3.63, 3.8) is 0 Å². The molecule has 0 amide bonds. The molecule has 0 aliphatic rings. The van der Waals surface area contributed by atoms with Crippen molar-refractivity contribution in [1.29, 1.82) is 0 Å². The molecule has 96 valence electrons. The predicted molar refractivity (Wildman–Crippen MR) is 71.7 cm³/mol. The second-order valence-corrected chi connectivity index (χ2v) is 4.87. The van der Waals surface area contributed by atoms with Crippen LogP contribution in [-0.2, 0) is 4.74 Å². The van der Waals surface area contributed by atoms with E-state index in [-0.39, 0.29) is 6.10 Å². The Kier molecular flexibility index (Phi) is 6.28. The van der Waals surface area contributed by atoms with E-state index in [2.05, 4.69) is 6.92 Å². The Morgan fingerprint density at radius 1 is 1.35 bits per heavy atom. The van der Waals surface area contributed by atoms with Gasteiger partial charge >= 0.3 is 0 Å². The van der Waals surface area contributed by atoms with Gasteiger partial charge in [-0.15, -0.1) is 0 Å². The Bertz CT molecular complexity index is 355. The molecule has 0 bridgehead atoms. The summed E-state index contributed by atoms with van der Waals surface area (Å²) in [6.45, 7) is 2.11. The van der Waals surface area contributed by atoms with Gasteiger partial charge in [0.05, 0.1) is 6.10 Å². The van der Waals surface area contributed by atoms with E-state index >= 15 is 0 Å². The summed E-state index contributed by atoms with van der Waals surface area (Å²) in [6.07, 6.45) is 1.96. The predicted octanol–water partition coefficient (Wildman–Crippen LogP) is 4.23. The molecule has 0 fully saturated rings. The van der Waals surface area contributed by atoms with Gasteiger partial charge in [0.2, 0.25) is 0 Å². The second kappa shape index (κ2) is 7.22. The van der Waals surface area contributed by atoms with Gasteiger partial charge in [-0.2, -0.15) is 0 Å². The first-order valence-corrected chi connectivity index (χ1v) is 6.51. The molecule has 2 nitrogen and oxygen atoms in total. The maximum atomic E-state index is 10.2. The molecule has 2 unspecified atom stereocenters. The summed E-state index contributed by atoms with van der Waals surface area (Å²) < 4.78 is 5.31. The molecule has 0 heterocycles. The zero-order valence-corrected chi connectivity index (χ0v) is 11.6. The molecule has 0 spiro atoms. The fourth-order valence-corrected chi connectivity index (χ4v) is 2.27. The minimum absolute atomic E-state index is 0.228. The van der Waals surface area contributed by atoms with E-state index in [1.807, 2.05) is 0 Å². The number of aliphatic hydroxyl groups is 1. The Balaban J connectivity index is 2.81. The number of rotatable bonds is 6. The van der Waals surface area contributed by atoms with Crippen LogP contribution < -0.4 is 0 Å². The topological polar surface area (TPSA) is 29.5 Å². The van der Waals surface area contributed by atoms with Gasteiger partial charge in [0.25, 0.3) is 0 Å². The minimum atomic E-state index is -0.712. The molecule has 2 atom stereocenters. The van der Waals surface area contributed by atoms with Gasteiger partial charge in [0.15, 0.2) is 0 Å². The molecular formula is C13H18Cl2O2. The molecule has 1 N–H and O–H groups in total. The van der Waals surface area contributed by atoms with E-state index in [9.17, 15) is 5.11 Å². The lowest BCUT2D eigenvalue weighted by Crippen LogP contribution is -2.21. The van der Waals surface area contributed by atoms with Crippen LogP contribution in [0.3, 0.4) is 0 Å². The molecule has 0 aromatic heterocycles. The Hall–Kier alpha value is -0.280. The molecule has 4 heteroatoms. The fourth-order valence-electron chi connectivity index (χ4n) is 1.75. The maximum absolute atomic E-state index is 10.2. The lowest BCUT2D eigenvalue weighted by atomic mass is 10.00. The highest BCUT2D eigenvalue weighted by Crippen LogP contribution is 2.30. The summed E-state index contributed by atoms with van der Waals surface area (Å²) in [5.41, 5.74) is 0.666. The van der Waals surface area contributed by atoms with Crippen molar-refractivity contribution >= 4 is 23.2 Å². The standard InChI is InChI=1S/C13H18Cl2O2/c1-3-4-5-12(17-2)13(16)10-7-6-9(14)8-11(10)15/h6-8,12-13,16H,3-5H2,1-2H3. The zero-order valence-electron chi connectivity index (χ0n) is 10.1. The summed E-state index contributed by atoms with van der Waals surface area (Å²) in [5, 5.41) is 11.3. The normalized spacial score (nSPS) is 14.6. The third-order valence-electron chi connectivity index (χ3n) is 2.78. The summed E-state index contributed by atoms with van der Waals surface area (Å²) >= 11 is 11.9. The van der Waals surface area contributed by atoms with Gasteiger partial charge in [-0.25, -0.2) is 0 Å². The molecular weight excluding hydrogens is 259 g/mol. The largest absolute Gasteiger partial charge is 0.386 e. The molecule has 0 saturated carbocycles. The quantitative estimate of drug-likeness (QED) is 0.843. The van der Waals surface area contributed by atoms with Crippen molar-refractivity contribution in [2.75, 3.05) is 7.11 Å². The van der Waals surface area contributed by atoms with Crippen LogP contribution in [0.25, 0.3) is 0 Å². The Morgan fingerprint density at radius 3 is 2.59 bits per heavy atom. The van der Waals surface area contributed by atoms with Gasteiger partial charge in [0, 0.05) is 22.7 Å². The second-order valence-electron chi connectivity index (χ2n) is 4.03. The van der Waals surface area contributed by atoms with E-state index in [1.165, 1.54) is 0 Å². The van der Waals surface area contributed by atoms with Gasteiger partial charge < -0.3 is 9.84 Å². The van der Waals surface area contributed by atoms with E-state index in [4.69, 9.17) is 27.9 Å². The minimum Gasteiger partial charge on any atom is -0.386 e. The van der Waals surface area contributed by atoms with Crippen molar-refractivity contribution in [2.24, 2.45) is 0 Å². The summed E-state index contributed by atoms with van der Waals surface area (Å²) in [5.74, 6) is 0. The molecule has 0 aliphatic carbocycles. The number of benzene rings is 1. The van der Waals surface area contributed by atoms with Crippen LogP contribution in [0.5, 0.6) is 0 Å². The van der Waals surface area contributed by atoms with Crippen molar-refractivity contribution in [1.82, 2.24) is 0 Å². The highest BCUT2D eigenvalue weighted by Gasteiger charge is 2.22. The van der Waals surface area contributed by atoms with Crippen molar-refractivity contribution in [2.45, 2.75) is 38.4 Å². The van der Waals surface area contributed by atoms with Crippen LogP contribution in [0.4, 0.5) is 0 Å². The van der Waals surface area contributed by atoms with E-state index in [0.717, 1.165) is 19.3 Å². The number of aliphatic hydroxyl groups excluding tert-OH is 1. The smallest absolute Gasteiger partial charge is 0.107 e. The molecule has 1 aromatic rings. The van der Waals surface area contributed by atoms with Crippen molar-refractivity contribution in [3.8, 4) is 0 Å². The first-order valence-electron chi connectivity index (χ1n) is 5.76. The maximum Gasteiger partial charge on any atom is 0.107 e. The van der Waals surface area contributed by atoms with E-state index in [0.29, 0.717) is 15.6 Å². The number of ether oxygens (including phenoxy) is 1. The Labute approximate surface area is 113 Å². The molecule has 0 saturated heterocycles. The molecule has 1 aromatic carbocycles. The zero-order chi connectivity index (χ0) is 12.8. The average Bonchev–Trinajstić information content (AvgIpc) is 2.29. The molecule has 0 radical (unpaired) electrons. The number of halogens is 2. The third kappa shape index (κ3) is 4.14. The number of hydrogen-bond acceptors (Lipinski definition) is 2. The average molecular weight is 277 g/mol. The lowest BCUT2D eigenvalue weighted by Gasteiger charge is -2.22. The van der Waals surface area contributed by atoms with Gasteiger partial charge in [-0.3, -0.25) is 0 Å². The van der Waals surface area contributed by atoms with Crippen LogP contribution in [0, 0.1) is 0 Å². The fraction of sp³-hybridized carbons (Fsp3) is 0.538. The summed E-state index contributed by atoms with van der Waals surface area (Å²) in [4.78, 5) is 0. The number of methoxy groups -OCH3 is 1. The highest BCUT2D eigenvalue weighted by atomic mass is 35.5. The summed E-state index contributed by atoms with van der Waals surface area (Å²) in [7, 11) is 1.60. The third-order valence-corrected chi connectivity index (χ3v) is 3.34. The van der Waals surface area contributed by atoms with E-state index in [1.54, 1.807) is 25.3 Å². The monoisotopic (exact) mass is 276 g/mol. The molecule has 17 heavy (non-hydrogen) atoms. The molecule has 0 aliphatic heterocycles. The van der Waals surface area contributed by atoms with Gasteiger partial charge in [-0.05, 0) is 18.6 Å². The SMILES string of the molecule is CCCCC(OC)C(O)c1ccc(Cl)cc1Cl. The first-order chi connectivity index (χ1) is 8.10. The number of unbranched alkanes of at least 4 members (excludes halogenated alkanes) is 1. The highest BCUT2D eigenvalue weighted by molar-refractivity contribution is 6.35. The first kappa shape index (κ1) is 14.8. The van der Waals surface area contributed by atoms with Gasteiger partial charge in [0.1, 0.15) is 6.10 Å². The Morgan fingerprint density at radius 2 is 2.06 bits per heavy atom. The van der Waals surface area contributed by atoms with E-state index < -0.39 is 6.10 Å². The summed E-state index contributed by atoms with van der Waals surface area (Å²) in [6, 6.07) is 5.10. The van der Waals surface area contributed by atoms with Crippen LogP contribution in [0.2, 0.25) is 10.0 Å². The number of hydrogen-bond donors (Lipinski definition) is 1. The van der Waals surface area contributed by atoms with Crippen molar-refractivity contribution < 1.29 is 9.84 Å². The van der Waals surface area contributed by atoms with Gasteiger partial charge in [-0.1, -0.05) is 49.0 Å². The van der Waals surface area contributed by atoms with Crippen molar-refractivity contribution in [3.05, 3.63) is 33.8 Å². The van der Waals surface area contributed by atoms with Crippen LogP contribution >= 0.6 is 23.2 Å². The molecule has 1 rings (SSSR count). The lowest BCUT2D eigenvalue weighted by molar-refractivity contribution is -0.0186. The van der Waals surface area contributed by atoms with Crippen LogP contribution in [0.1, 0.15) is 37.9 Å². The van der Waals surface area contributed by atoms with Crippen LogP contribution in [0.15, 0.2) is 18.2 Å².